The number of anilines is 1. The molecule has 1 atom stereocenters. The molecule has 108 valence electrons. The molecule has 2 aromatic rings. The van der Waals surface area contributed by atoms with Gasteiger partial charge in [0.25, 0.3) is 0 Å². The van der Waals surface area contributed by atoms with E-state index in [0.29, 0.717) is 17.5 Å². The second kappa shape index (κ2) is 5.40. The van der Waals surface area contributed by atoms with Crippen LogP contribution in [-0.2, 0) is 6.54 Å². The van der Waals surface area contributed by atoms with Gasteiger partial charge in [0.15, 0.2) is 0 Å². The fourth-order valence-corrected chi connectivity index (χ4v) is 3.05. The zero-order valence-electron chi connectivity index (χ0n) is 11.8. The van der Waals surface area contributed by atoms with E-state index in [1.165, 1.54) is 31.4 Å². The standard InChI is InChI=1S/C15H21FN4/c1-11(19-7-3-2-4-8-19)10-20-14-6-5-12(16)9-13(14)18-15(20)17/h5-6,9,11H,2-4,7-8,10H2,1H3,(H2,17,18). The largest absolute Gasteiger partial charge is 0.369 e. The average molecular weight is 276 g/mol. The summed E-state index contributed by atoms with van der Waals surface area (Å²) in [5.41, 5.74) is 7.53. The molecule has 1 unspecified atom stereocenters. The number of imidazole rings is 1. The number of likely N-dealkylation sites (tertiary alicyclic amines) is 1. The summed E-state index contributed by atoms with van der Waals surface area (Å²) in [5.74, 6) is 0.195. The number of nitrogens with zero attached hydrogens (tertiary/aromatic N) is 3. The summed E-state index contributed by atoms with van der Waals surface area (Å²) in [7, 11) is 0. The Balaban J connectivity index is 1.84. The average Bonchev–Trinajstić information content (AvgIpc) is 2.75. The SMILES string of the molecule is CC(Cn1c(N)nc2cc(F)ccc21)N1CCCCC1. The molecule has 4 nitrogen and oxygen atoms in total. The molecule has 3 rings (SSSR count). The van der Waals surface area contributed by atoms with Crippen LogP contribution in [0, 0.1) is 5.82 Å². The summed E-state index contributed by atoms with van der Waals surface area (Å²) in [6.45, 7) is 5.33. The fourth-order valence-electron chi connectivity index (χ4n) is 3.05. The topological polar surface area (TPSA) is 47.1 Å². The van der Waals surface area contributed by atoms with Crippen molar-refractivity contribution in [3.8, 4) is 0 Å². The summed E-state index contributed by atoms with van der Waals surface area (Å²) < 4.78 is 15.2. The number of fused-ring (bicyclic) bond motifs is 1. The zero-order chi connectivity index (χ0) is 14.1. The van der Waals surface area contributed by atoms with Crippen molar-refractivity contribution in [1.82, 2.24) is 14.5 Å². The van der Waals surface area contributed by atoms with Crippen LogP contribution < -0.4 is 5.73 Å². The minimum atomic E-state index is -0.272. The van der Waals surface area contributed by atoms with E-state index >= 15 is 0 Å². The van der Waals surface area contributed by atoms with Gasteiger partial charge in [0, 0.05) is 18.7 Å². The first-order valence-electron chi connectivity index (χ1n) is 7.30. The van der Waals surface area contributed by atoms with Crippen molar-refractivity contribution in [2.45, 2.75) is 38.8 Å². The molecule has 2 heterocycles. The molecule has 0 radical (unpaired) electrons. The molecule has 1 aromatic heterocycles. The quantitative estimate of drug-likeness (QED) is 0.937. The molecular formula is C15H21FN4. The van der Waals surface area contributed by atoms with Gasteiger partial charge in [-0.25, -0.2) is 9.37 Å². The summed E-state index contributed by atoms with van der Waals surface area (Å²) in [6.07, 6.45) is 3.88. The van der Waals surface area contributed by atoms with Gasteiger partial charge in [-0.15, -0.1) is 0 Å². The minimum Gasteiger partial charge on any atom is -0.369 e. The maximum absolute atomic E-state index is 13.2. The van der Waals surface area contributed by atoms with Gasteiger partial charge in [0.2, 0.25) is 5.95 Å². The first-order valence-corrected chi connectivity index (χ1v) is 7.30. The maximum atomic E-state index is 13.2. The molecule has 0 aliphatic carbocycles. The zero-order valence-corrected chi connectivity index (χ0v) is 11.8. The van der Waals surface area contributed by atoms with Gasteiger partial charge in [-0.2, -0.15) is 0 Å². The third kappa shape index (κ3) is 2.50. The van der Waals surface area contributed by atoms with E-state index in [9.17, 15) is 4.39 Å². The van der Waals surface area contributed by atoms with Crippen LogP contribution in [0.15, 0.2) is 18.2 Å². The van der Waals surface area contributed by atoms with Crippen molar-refractivity contribution >= 4 is 17.0 Å². The lowest BCUT2D eigenvalue weighted by atomic mass is 10.1. The Bertz CT molecular complexity index is 601. The molecule has 1 aliphatic heterocycles. The van der Waals surface area contributed by atoms with Crippen molar-refractivity contribution in [2.75, 3.05) is 18.8 Å². The molecule has 1 saturated heterocycles. The number of hydrogen-bond donors (Lipinski definition) is 1. The Morgan fingerprint density at radius 2 is 2.05 bits per heavy atom. The van der Waals surface area contributed by atoms with Crippen LogP contribution in [0.2, 0.25) is 0 Å². The second-order valence-electron chi connectivity index (χ2n) is 5.66. The predicted molar refractivity (Wildman–Crippen MR) is 79.0 cm³/mol. The second-order valence-corrected chi connectivity index (χ2v) is 5.66. The minimum absolute atomic E-state index is 0.272. The van der Waals surface area contributed by atoms with Crippen LogP contribution in [0.4, 0.5) is 10.3 Å². The summed E-state index contributed by atoms with van der Waals surface area (Å²) in [5, 5.41) is 0. The summed E-state index contributed by atoms with van der Waals surface area (Å²) in [6, 6.07) is 5.08. The Labute approximate surface area is 118 Å². The lowest BCUT2D eigenvalue weighted by Gasteiger charge is -2.32. The van der Waals surface area contributed by atoms with E-state index in [0.717, 1.165) is 25.2 Å². The van der Waals surface area contributed by atoms with Crippen LogP contribution in [-0.4, -0.2) is 33.6 Å². The molecule has 2 N–H and O–H groups in total. The van der Waals surface area contributed by atoms with Gasteiger partial charge in [-0.3, -0.25) is 4.90 Å². The van der Waals surface area contributed by atoms with Gasteiger partial charge in [0.1, 0.15) is 5.82 Å². The Morgan fingerprint density at radius 3 is 2.80 bits per heavy atom. The Morgan fingerprint density at radius 1 is 1.30 bits per heavy atom. The highest BCUT2D eigenvalue weighted by Crippen LogP contribution is 2.21. The maximum Gasteiger partial charge on any atom is 0.201 e. The van der Waals surface area contributed by atoms with Crippen LogP contribution in [0.1, 0.15) is 26.2 Å². The number of aromatic nitrogens is 2. The molecule has 0 saturated carbocycles. The molecule has 20 heavy (non-hydrogen) atoms. The van der Waals surface area contributed by atoms with Gasteiger partial charge < -0.3 is 10.3 Å². The number of benzene rings is 1. The Kier molecular flexibility index (Phi) is 3.61. The highest BCUT2D eigenvalue weighted by Gasteiger charge is 2.19. The van der Waals surface area contributed by atoms with Crippen LogP contribution >= 0.6 is 0 Å². The van der Waals surface area contributed by atoms with E-state index in [1.807, 2.05) is 4.57 Å². The third-order valence-corrected chi connectivity index (χ3v) is 4.20. The van der Waals surface area contributed by atoms with E-state index < -0.39 is 0 Å². The molecule has 1 fully saturated rings. The van der Waals surface area contributed by atoms with Crippen LogP contribution in [0.5, 0.6) is 0 Å². The monoisotopic (exact) mass is 276 g/mol. The van der Waals surface area contributed by atoms with Gasteiger partial charge in [-0.1, -0.05) is 6.42 Å². The van der Waals surface area contributed by atoms with E-state index in [4.69, 9.17) is 5.73 Å². The van der Waals surface area contributed by atoms with Gasteiger partial charge in [-0.05, 0) is 45.0 Å². The van der Waals surface area contributed by atoms with Gasteiger partial charge in [0.05, 0.1) is 11.0 Å². The predicted octanol–water partition coefficient (Wildman–Crippen LogP) is 2.63. The fraction of sp³-hybridized carbons (Fsp3) is 0.533. The van der Waals surface area contributed by atoms with Crippen molar-refractivity contribution in [3.05, 3.63) is 24.0 Å². The number of rotatable bonds is 3. The third-order valence-electron chi connectivity index (χ3n) is 4.20. The lowest BCUT2D eigenvalue weighted by Crippen LogP contribution is -2.39. The van der Waals surface area contributed by atoms with Crippen LogP contribution in [0.25, 0.3) is 11.0 Å². The molecule has 0 spiro atoms. The van der Waals surface area contributed by atoms with E-state index in [1.54, 1.807) is 6.07 Å². The number of halogens is 1. The number of hydrogen-bond acceptors (Lipinski definition) is 3. The molecule has 0 amide bonds. The van der Waals surface area contributed by atoms with E-state index in [2.05, 4.69) is 16.8 Å². The molecule has 0 bridgehead atoms. The lowest BCUT2D eigenvalue weighted by molar-refractivity contribution is 0.161. The van der Waals surface area contributed by atoms with Crippen molar-refractivity contribution < 1.29 is 4.39 Å². The van der Waals surface area contributed by atoms with Crippen molar-refractivity contribution in [2.24, 2.45) is 0 Å². The van der Waals surface area contributed by atoms with Crippen LogP contribution in [0.3, 0.4) is 0 Å². The number of nitrogen functional groups attached to an aromatic ring is 1. The number of nitrogens with two attached hydrogens (primary N) is 1. The molecule has 5 heteroatoms. The normalized spacial score (nSPS) is 18.5. The van der Waals surface area contributed by atoms with E-state index in [-0.39, 0.29) is 5.82 Å². The highest BCUT2D eigenvalue weighted by molar-refractivity contribution is 5.78. The molecule has 1 aliphatic rings. The smallest absolute Gasteiger partial charge is 0.201 e. The number of piperidine rings is 1. The highest BCUT2D eigenvalue weighted by atomic mass is 19.1. The summed E-state index contributed by atoms with van der Waals surface area (Å²) in [4.78, 5) is 6.75. The first kappa shape index (κ1) is 13.4. The van der Waals surface area contributed by atoms with Crippen molar-refractivity contribution in [1.29, 1.82) is 0 Å². The summed E-state index contributed by atoms with van der Waals surface area (Å²) >= 11 is 0. The Hall–Kier alpha value is -1.62. The van der Waals surface area contributed by atoms with Gasteiger partial charge >= 0.3 is 0 Å². The molecule has 1 aromatic carbocycles. The molecular weight excluding hydrogens is 255 g/mol. The first-order chi connectivity index (χ1) is 9.65. The van der Waals surface area contributed by atoms with Crippen molar-refractivity contribution in [3.63, 3.8) is 0 Å².